The van der Waals surface area contributed by atoms with Gasteiger partial charge in [0.05, 0.1) is 0 Å². The number of aliphatic carboxylic acids is 1. The third-order valence-electron chi connectivity index (χ3n) is 2.62. The fraction of sp³-hybridized carbons (Fsp3) is 0.462. The van der Waals surface area contributed by atoms with E-state index in [9.17, 15) is 22.8 Å². The summed E-state index contributed by atoms with van der Waals surface area (Å²) in [6, 6.07) is 2.63. The standard InChI is InChI=1S/C13H15F3N2O4/c1-7-4-5-8(9(19)18-12(2,3)11(20)21)17-10(7)22-6-13(14,15)16/h4-5H,6H2,1-3H3,(H,18,19)(H,20,21). The molecule has 0 atom stereocenters. The second kappa shape index (κ2) is 6.20. The van der Waals surface area contributed by atoms with E-state index < -0.39 is 30.2 Å². The van der Waals surface area contributed by atoms with Crippen LogP contribution < -0.4 is 10.1 Å². The Labute approximate surface area is 124 Å². The third-order valence-corrected chi connectivity index (χ3v) is 2.62. The topological polar surface area (TPSA) is 88.5 Å². The lowest BCUT2D eigenvalue weighted by Crippen LogP contribution is -2.49. The Hall–Kier alpha value is -2.32. The average Bonchev–Trinajstić information content (AvgIpc) is 2.35. The third kappa shape index (κ3) is 4.90. The summed E-state index contributed by atoms with van der Waals surface area (Å²) in [6.07, 6.45) is -4.53. The second-order valence-corrected chi connectivity index (χ2v) is 5.11. The first kappa shape index (κ1) is 17.7. The average molecular weight is 320 g/mol. The van der Waals surface area contributed by atoms with Gasteiger partial charge in [-0.25, -0.2) is 9.78 Å². The Balaban J connectivity index is 2.93. The zero-order chi connectivity index (χ0) is 17.1. The molecule has 1 rings (SSSR count). The number of hydrogen-bond donors (Lipinski definition) is 2. The van der Waals surface area contributed by atoms with Crippen molar-refractivity contribution in [2.24, 2.45) is 0 Å². The smallest absolute Gasteiger partial charge is 0.422 e. The number of pyridine rings is 1. The summed E-state index contributed by atoms with van der Waals surface area (Å²) in [6.45, 7) is 2.47. The minimum absolute atomic E-state index is 0.239. The van der Waals surface area contributed by atoms with Gasteiger partial charge in [0.2, 0.25) is 5.88 Å². The summed E-state index contributed by atoms with van der Waals surface area (Å²) in [7, 11) is 0. The maximum absolute atomic E-state index is 12.1. The van der Waals surface area contributed by atoms with Gasteiger partial charge in [0.1, 0.15) is 11.2 Å². The first-order valence-electron chi connectivity index (χ1n) is 6.15. The van der Waals surface area contributed by atoms with E-state index in [0.717, 1.165) is 0 Å². The number of aromatic nitrogens is 1. The molecule has 0 saturated carbocycles. The van der Waals surface area contributed by atoms with Gasteiger partial charge in [0.15, 0.2) is 6.61 Å². The van der Waals surface area contributed by atoms with Gasteiger partial charge in [-0.2, -0.15) is 13.2 Å². The van der Waals surface area contributed by atoms with Gasteiger partial charge < -0.3 is 15.2 Å². The molecule has 0 aliphatic carbocycles. The zero-order valence-corrected chi connectivity index (χ0v) is 12.1. The summed E-state index contributed by atoms with van der Waals surface area (Å²) in [5.41, 5.74) is -1.47. The van der Waals surface area contributed by atoms with Crippen LogP contribution in [-0.4, -0.2) is 40.3 Å². The Kier molecular flexibility index (Phi) is 5.00. The van der Waals surface area contributed by atoms with E-state index in [0.29, 0.717) is 5.56 Å². The fourth-order valence-corrected chi connectivity index (χ4v) is 1.33. The number of alkyl halides is 3. The van der Waals surface area contributed by atoms with Crippen LogP contribution in [0, 0.1) is 6.92 Å². The number of carbonyl (C=O) groups is 2. The van der Waals surface area contributed by atoms with Gasteiger partial charge in [0, 0.05) is 5.56 Å². The summed E-state index contributed by atoms with van der Waals surface area (Å²) in [5.74, 6) is -2.43. The van der Waals surface area contributed by atoms with Gasteiger partial charge in [-0.3, -0.25) is 4.79 Å². The molecule has 0 aliphatic rings. The maximum atomic E-state index is 12.1. The molecule has 0 aliphatic heterocycles. The SMILES string of the molecule is Cc1ccc(C(=O)NC(C)(C)C(=O)O)nc1OCC(F)(F)F. The van der Waals surface area contributed by atoms with Crippen LogP contribution in [0.3, 0.4) is 0 Å². The van der Waals surface area contributed by atoms with Crippen LogP contribution in [0.4, 0.5) is 13.2 Å². The van der Waals surface area contributed by atoms with E-state index in [1.165, 1.54) is 32.9 Å². The quantitative estimate of drug-likeness (QED) is 0.865. The molecule has 0 fully saturated rings. The van der Waals surface area contributed by atoms with Gasteiger partial charge in [-0.05, 0) is 26.8 Å². The Bertz CT molecular complexity index is 585. The lowest BCUT2D eigenvalue weighted by Gasteiger charge is -2.20. The van der Waals surface area contributed by atoms with E-state index in [1.54, 1.807) is 0 Å². The number of nitrogens with one attached hydrogen (secondary N) is 1. The molecule has 0 aromatic carbocycles. The number of amides is 1. The van der Waals surface area contributed by atoms with Crippen molar-refractivity contribution in [1.29, 1.82) is 0 Å². The molecule has 0 spiro atoms. The molecular formula is C13H15F3N2O4. The summed E-state index contributed by atoms with van der Waals surface area (Å²) < 4.78 is 41.0. The summed E-state index contributed by atoms with van der Waals surface area (Å²) >= 11 is 0. The number of carbonyl (C=O) groups excluding carboxylic acids is 1. The number of rotatable bonds is 5. The molecule has 0 unspecified atom stereocenters. The molecule has 22 heavy (non-hydrogen) atoms. The molecule has 122 valence electrons. The van der Waals surface area contributed by atoms with Gasteiger partial charge in [0.25, 0.3) is 5.91 Å². The van der Waals surface area contributed by atoms with Crippen molar-refractivity contribution < 1.29 is 32.6 Å². The number of nitrogens with zero attached hydrogens (tertiary/aromatic N) is 1. The number of aryl methyl sites for hydroxylation is 1. The van der Waals surface area contributed by atoms with E-state index in [1.807, 2.05) is 0 Å². The zero-order valence-electron chi connectivity index (χ0n) is 12.1. The first-order chi connectivity index (χ1) is 9.92. The molecule has 9 heteroatoms. The Morgan fingerprint density at radius 1 is 1.32 bits per heavy atom. The highest BCUT2D eigenvalue weighted by molar-refractivity contribution is 5.96. The van der Waals surface area contributed by atoms with Crippen LogP contribution in [0.1, 0.15) is 29.9 Å². The highest BCUT2D eigenvalue weighted by Crippen LogP contribution is 2.20. The fourth-order valence-electron chi connectivity index (χ4n) is 1.33. The van der Waals surface area contributed by atoms with Gasteiger partial charge in [-0.1, -0.05) is 6.07 Å². The maximum Gasteiger partial charge on any atom is 0.422 e. The van der Waals surface area contributed by atoms with Crippen molar-refractivity contribution in [1.82, 2.24) is 10.3 Å². The summed E-state index contributed by atoms with van der Waals surface area (Å²) in [4.78, 5) is 26.5. The van der Waals surface area contributed by atoms with Crippen molar-refractivity contribution in [2.45, 2.75) is 32.5 Å². The number of halogens is 3. The van der Waals surface area contributed by atoms with Crippen LogP contribution >= 0.6 is 0 Å². The molecule has 1 aromatic rings. The molecule has 0 bridgehead atoms. The molecule has 0 radical (unpaired) electrons. The molecule has 0 saturated heterocycles. The molecule has 6 nitrogen and oxygen atoms in total. The van der Waals surface area contributed by atoms with Crippen LogP contribution in [-0.2, 0) is 4.79 Å². The van der Waals surface area contributed by atoms with Crippen molar-refractivity contribution in [2.75, 3.05) is 6.61 Å². The number of hydrogen-bond acceptors (Lipinski definition) is 4. The Morgan fingerprint density at radius 2 is 1.91 bits per heavy atom. The molecule has 1 aromatic heterocycles. The van der Waals surface area contributed by atoms with Gasteiger partial charge >= 0.3 is 12.1 Å². The van der Waals surface area contributed by atoms with E-state index in [4.69, 9.17) is 5.11 Å². The van der Waals surface area contributed by atoms with E-state index in [-0.39, 0.29) is 11.6 Å². The van der Waals surface area contributed by atoms with Crippen LogP contribution in [0.25, 0.3) is 0 Å². The highest BCUT2D eigenvalue weighted by Gasteiger charge is 2.31. The van der Waals surface area contributed by atoms with Crippen LogP contribution in [0.2, 0.25) is 0 Å². The lowest BCUT2D eigenvalue weighted by molar-refractivity contribution is -0.154. The van der Waals surface area contributed by atoms with Crippen LogP contribution in [0.5, 0.6) is 5.88 Å². The molecule has 1 heterocycles. The number of ether oxygens (including phenoxy) is 1. The predicted octanol–water partition coefficient (Wildman–Crippen LogP) is 1.92. The minimum atomic E-state index is -4.53. The van der Waals surface area contributed by atoms with Crippen LogP contribution in [0.15, 0.2) is 12.1 Å². The lowest BCUT2D eigenvalue weighted by atomic mass is 10.1. The molecular weight excluding hydrogens is 305 g/mol. The number of carboxylic acid groups (broad SMARTS) is 1. The van der Waals surface area contributed by atoms with E-state index >= 15 is 0 Å². The minimum Gasteiger partial charge on any atom is -0.480 e. The van der Waals surface area contributed by atoms with Gasteiger partial charge in [-0.15, -0.1) is 0 Å². The predicted molar refractivity (Wildman–Crippen MR) is 69.7 cm³/mol. The Morgan fingerprint density at radius 3 is 2.41 bits per heavy atom. The normalized spacial score (nSPS) is 11.9. The van der Waals surface area contributed by atoms with Crippen molar-refractivity contribution in [3.63, 3.8) is 0 Å². The molecule has 1 amide bonds. The largest absolute Gasteiger partial charge is 0.480 e. The second-order valence-electron chi connectivity index (χ2n) is 5.11. The summed E-state index contributed by atoms with van der Waals surface area (Å²) in [5, 5.41) is 11.1. The molecule has 2 N–H and O–H groups in total. The van der Waals surface area contributed by atoms with Crippen molar-refractivity contribution >= 4 is 11.9 Å². The van der Waals surface area contributed by atoms with Crippen molar-refractivity contribution in [3.8, 4) is 5.88 Å². The first-order valence-corrected chi connectivity index (χ1v) is 6.15. The van der Waals surface area contributed by atoms with E-state index in [2.05, 4.69) is 15.0 Å². The monoisotopic (exact) mass is 320 g/mol. The van der Waals surface area contributed by atoms with Crippen molar-refractivity contribution in [3.05, 3.63) is 23.4 Å². The highest BCUT2D eigenvalue weighted by atomic mass is 19.4. The number of carboxylic acids is 1.